The molecule has 0 spiro atoms. The van der Waals surface area contributed by atoms with Gasteiger partial charge < -0.3 is 9.84 Å². The van der Waals surface area contributed by atoms with Crippen molar-refractivity contribution in [2.24, 2.45) is 0 Å². The first kappa shape index (κ1) is 11.9. The minimum absolute atomic E-state index is 0.454. The molecule has 1 rings (SSSR count). The van der Waals surface area contributed by atoms with Gasteiger partial charge in [0.05, 0.1) is 7.11 Å². The third-order valence-electron chi connectivity index (χ3n) is 3.07. The van der Waals surface area contributed by atoms with E-state index in [0.29, 0.717) is 5.75 Å². The molecule has 0 aliphatic heterocycles. The summed E-state index contributed by atoms with van der Waals surface area (Å²) in [5.74, 6) is 1.37. The van der Waals surface area contributed by atoms with Gasteiger partial charge in [-0.2, -0.15) is 0 Å². The van der Waals surface area contributed by atoms with Crippen molar-refractivity contribution in [2.75, 3.05) is 7.11 Å². The lowest BCUT2D eigenvalue weighted by Crippen LogP contribution is -2.01. The van der Waals surface area contributed by atoms with Crippen molar-refractivity contribution in [3.63, 3.8) is 0 Å². The Morgan fingerprint density at radius 2 is 1.40 bits per heavy atom. The number of ether oxygens (including phenoxy) is 1. The van der Waals surface area contributed by atoms with Gasteiger partial charge in [0.25, 0.3) is 0 Å². The van der Waals surface area contributed by atoms with Crippen LogP contribution in [0.1, 0.15) is 36.1 Å². The van der Waals surface area contributed by atoms with Gasteiger partial charge in [-0.15, -0.1) is 0 Å². The van der Waals surface area contributed by atoms with Crippen molar-refractivity contribution in [1.82, 2.24) is 0 Å². The van der Waals surface area contributed by atoms with Gasteiger partial charge in [-0.3, -0.25) is 0 Å². The third-order valence-corrected chi connectivity index (χ3v) is 3.07. The second-order valence-corrected chi connectivity index (χ2v) is 3.80. The smallest absolute Gasteiger partial charge is 0.125 e. The van der Waals surface area contributed by atoms with Crippen molar-refractivity contribution >= 4 is 0 Å². The average molecular weight is 208 g/mol. The Morgan fingerprint density at radius 3 is 1.67 bits per heavy atom. The number of aromatic hydroxyl groups is 1. The molecule has 1 N–H and O–H groups in total. The molecule has 0 unspecified atom stereocenters. The Labute approximate surface area is 91.9 Å². The van der Waals surface area contributed by atoms with Crippen LogP contribution in [0.25, 0.3) is 0 Å². The zero-order valence-electron chi connectivity index (χ0n) is 10.3. The van der Waals surface area contributed by atoms with E-state index in [1.165, 1.54) is 0 Å². The number of phenols is 1. The Bertz CT molecular complexity index is 289. The molecule has 0 amide bonds. The molecule has 0 aromatic heterocycles. The fourth-order valence-electron chi connectivity index (χ4n) is 2.26. The molecular formula is C13H20O2. The van der Waals surface area contributed by atoms with Gasteiger partial charge in [0.2, 0.25) is 0 Å². The summed E-state index contributed by atoms with van der Waals surface area (Å²) < 4.78 is 5.40. The monoisotopic (exact) mass is 208 g/mol. The lowest BCUT2D eigenvalue weighted by Gasteiger charge is -2.18. The van der Waals surface area contributed by atoms with E-state index in [1.54, 1.807) is 7.11 Å². The molecule has 0 radical (unpaired) electrons. The molecule has 0 saturated heterocycles. The van der Waals surface area contributed by atoms with Crippen LogP contribution in [0.15, 0.2) is 0 Å². The fraction of sp³-hybridized carbons (Fsp3) is 0.538. The lowest BCUT2D eigenvalue weighted by molar-refractivity contribution is 0.402. The van der Waals surface area contributed by atoms with E-state index in [-0.39, 0.29) is 0 Å². The van der Waals surface area contributed by atoms with E-state index in [9.17, 15) is 5.11 Å². The van der Waals surface area contributed by atoms with Crippen LogP contribution in [0.5, 0.6) is 11.5 Å². The first-order valence-corrected chi connectivity index (χ1v) is 5.46. The topological polar surface area (TPSA) is 29.5 Å². The number of phenolic OH excluding ortho intramolecular Hbond substituents is 1. The molecule has 1 aromatic rings. The van der Waals surface area contributed by atoms with Crippen LogP contribution in [0.3, 0.4) is 0 Å². The average Bonchev–Trinajstić information content (AvgIpc) is 2.19. The maximum Gasteiger partial charge on any atom is 0.125 e. The third kappa shape index (κ3) is 1.81. The summed E-state index contributed by atoms with van der Waals surface area (Å²) in [7, 11) is 1.69. The normalized spacial score (nSPS) is 10.5. The highest BCUT2D eigenvalue weighted by atomic mass is 16.5. The first-order valence-electron chi connectivity index (χ1n) is 5.46. The SMILES string of the molecule is CCc1c(C)c(OC)c(C)c(CC)c1O. The van der Waals surface area contributed by atoms with Crippen molar-refractivity contribution in [3.05, 3.63) is 22.3 Å². The van der Waals surface area contributed by atoms with E-state index < -0.39 is 0 Å². The molecule has 0 aliphatic rings. The molecule has 2 heteroatoms. The molecule has 1 aromatic carbocycles. The summed E-state index contributed by atoms with van der Waals surface area (Å²) in [6, 6.07) is 0. The summed E-state index contributed by atoms with van der Waals surface area (Å²) in [6.07, 6.45) is 1.67. The highest BCUT2D eigenvalue weighted by molar-refractivity contribution is 5.57. The molecule has 2 nitrogen and oxygen atoms in total. The van der Waals surface area contributed by atoms with Crippen molar-refractivity contribution < 1.29 is 9.84 Å². The quantitative estimate of drug-likeness (QED) is 0.827. The fourth-order valence-corrected chi connectivity index (χ4v) is 2.26. The second-order valence-electron chi connectivity index (χ2n) is 3.80. The highest BCUT2D eigenvalue weighted by Crippen LogP contribution is 2.37. The molecule has 0 aliphatic carbocycles. The molecule has 84 valence electrons. The molecule has 0 saturated carbocycles. The van der Waals surface area contributed by atoms with Gasteiger partial charge in [-0.1, -0.05) is 13.8 Å². The van der Waals surface area contributed by atoms with Crippen LogP contribution in [0, 0.1) is 13.8 Å². The molecular weight excluding hydrogens is 188 g/mol. The Morgan fingerprint density at radius 1 is 1.00 bits per heavy atom. The van der Waals surface area contributed by atoms with E-state index in [0.717, 1.165) is 40.8 Å². The number of hydrogen-bond donors (Lipinski definition) is 1. The maximum atomic E-state index is 10.1. The zero-order chi connectivity index (χ0) is 11.6. The van der Waals surface area contributed by atoms with Crippen molar-refractivity contribution in [3.8, 4) is 11.5 Å². The predicted molar refractivity (Wildman–Crippen MR) is 62.9 cm³/mol. The Balaban J connectivity index is 3.57. The van der Waals surface area contributed by atoms with Gasteiger partial charge in [-0.25, -0.2) is 0 Å². The zero-order valence-corrected chi connectivity index (χ0v) is 10.3. The summed E-state index contributed by atoms with van der Waals surface area (Å²) in [4.78, 5) is 0. The maximum absolute atomic E-state index is 10.1. The summed E-state index contributed by atoms with van der Waals surface area (Å²) >= 11 is 0. The van der Waals surface area contributed by atoms with Gasteiger partial charge in [0.15, 0.2) is 0 Å². The largest absolute Gasteiger partial charge is 0.507 e. The minimum Gasteiger partial charge on any atom is -0.507 e. The van der Waals surface area contributed by atoms with Crippen LogP contribution in [-0.4, -0.2) is 12.2 Å². The van der Waals surface area contributed by atoms with E-state index in [4.69, 9.17) is 4.74 Å². The first-order chi connectivity index (χ1) is 7.08. The van der Waals surface area contributed by atoms with Gasteiger partial charge >= 0.3 is 0 Å². The standard InChI is InChI=1S/C13H20O2/c1-6-10-8(3)13(15-5)9(4)11(7-2)12(10)14/h14H,6-7H2,1-5H3. The van der Waals surface area contributed by atoms with Gasteiger partial charge in [0.1, 0.15) is 11.5 Å². The summed E-state index contributed by atoms with van der Waals surface area (Å²) in [5.41, 5.74) is 4.14. The van der Waals surface area contributed by atoms with Crippen LogP contribution >= 0.6 is 0 Å². The molecule has 0 fully saturated rings. The molecule has 15 heavy (non-hydrogen) atoms. The molecule has 0 bridgehead atoms. The van der Waals surface area contributed by atoms with E-state index >= 15 is 0 Å². The lowest BCUT2D eigenvalue weighted by atomic mass is 9.94. The summed E-state index contributed by atoms with van der Waals surface area (Å²) in [6.45, 7) is 8.11. The van der Waals surface area contributed by atoms with Gasteiger partial charge in [0, 0.05) is 11.1 Å². The van der Waals surface area contributed by atoms with Crippen molar-refractivity contribution in [2.45, 2.75) is 40.5 Å². The number of hydrogen-bond acceptors (Lipinski definition) is 2. The number of benzene rings is 1. The second kappa shape index (κ2) is 4.56. The van der Waals surface area contributed by atoms with Crippen LogP contribution in [-0.2, 0) is 12.8 Å². The highest BCUT2D eigenvalue weighted by Gasteiger charge is 2.17. The summed E-state index contributed by atoms with van der Waals surface area (Å²) in [5, 5.41) is 10.1. The van der Waals surface area contributed by atoms with E-state index in [1.807, 2.05) is 13.8 Å². The number of methoxy groups -OCH3 is 1. The predicted octanol–water partition coefficient (Wildman–Crippen LogP) is 3.14. The van der Waals surface area contributed by atoms with Crippen LogP contribution in [0.2, 0.25) is 0 Å². The van der Waals surface area contributed by atoms with Gasteiger partial charge in [-0.05, 0) is 37.8 Å². The molecule has 0 atom stereocenters. The van der Waals surface area contributed by atoms with Crippen LogP contribution < -0.4 is 4.74 Å². The van der Waals surface area contributed by atoms with Crippen LogP contribution in [0.4, 0.5) is 0 Å². The Hall–Kier alpha value is -1.18. The van der Waals surface area contributed by atoms with E-state index in [2.05, 4.69) is 13.8 Å². The number of rotatable bonds is 3. The van der Waals surface area contributed by atoms with Crippen molar-refractivity contribution in [1.29, 1.82) is 0 Å². The Kier molecular flexibility index (Phi) is 3.61. The molecule has 0 heterocycles. The minimum atomic E-state index is 0.454.